The summed E-state index contributed by atoms with van der Waals surface area (Å²) in [5.74, 6) is 1.59. The summed E-state index contributed by atoms with van der Waals surface area (Å²) in [5, 5.41) is 0. The van der Waals surface area contributed by atoms with Gasteiger partial charge in [0.1, 0.15) is 6.10 Å². The zero-order chi connectivity index (χ0) is 10.7. The van der Waals surface area contributed by atoms with Gasteiger partial charge in [0, 0.05) is 4.57 Å². The summed E-state index contributed by atoms with van der Waals surface area (Å²) in [7, 11) is -2.44. The van der Waals surface area contributed by atoms with Crippen LogP contribution in [-0.2, 0) is 9.09 Å². The topological polar surface area (TPSA) is 46.5 Å². The third-order valence-electron chi connectivity index (χ3n) is 3.19. The van der Waals surface area contributed by atoms with Crippen molar-refractivity contribution in [3.63, 3.8) is 0 Å². The van der Waals surface area contributed by atoms with Gasteiger partial charge < -0.3 is 0 Å². The van der Waals surface area contributed by atoms with Crippen LogP contribution in [0.25, 0.3) is 0 Å². The molecule has 1 fully saturated rings. The summed E-state index contributed by atoms with van der Waals surface area (Å²) in [6, 6.07) is 0. The average Bonchev–Trinajstić information content (AvgIpc) is 2.01. The molecule has 14 heavy (non-hydrogen) atoms. The second-order valence-corrected chi connectivity index (χ2v) is 5.39. The van der Waals surface area contributed by atoms with Crippen molar-refractivity contribution < 1.29 is 14.0 Å². The summed E-state index contributed by atoms with van der Waals surface area (Å²) in [5.41, 5.74) is 0. The van der Waals surface area contributed by atoms with Crippen molar-refractivity contribution in [3.8, 4) is 0 Å². The van der Waals surface area contributed by atoms with E-state index in [1.807, 2.05) is 0 Å². The van der Waals surface area contributed by atoms with Gasteiger partial charge in [-0.15, -0.1) is 9.42 Å². The third-order valence-corrected chi connectivity index (χ3v) is 3.64. The first-order valence-electron chi connectivity index (χ1n) is 5.33. The van der Waals surface area contributed by atoms with Gasteiger partial charge in [0.05, 0.1) is 0 Å². The number of hydrogen-bond acceptors (Lipinski definition) is 2. The van der Waals surface area contributed by atoms with Gasteiger partial charge in [-0.05, 0) is 30.6 Å². The van der Waals surface area contributed by atoms with E-state index in [0.29, 0.717) is 17.8 Å². The van der Waals surface area contributed by atoms with Crippen LogP contribution in [0.1, 0.15) is 40.0 Å². The molecule has 0 aliphatic heterocycles. The highest BCUT2D eigenvalue weighted by atomic mass is 31.1. The monoisotopic (exact) mass is 219 g/mol. The van der Waals surface area contributed by atoms with Crippen LogP contribution in [0, 0.1) is 17.8 Å². The van der Waals surface area contributed by atoms with E-state index in [9.17, 15) is 4.57 Å². The smallest absolute Gasteiger partial charge is 0.133 e. The summed E-state index contributed by atoms with van der Waals surface area (Å²) >= 11 is 0. The lowest BCUT2D eigenvalue weighted by molar-refractivity contribution is 0.0438. The first kappa shape index (κ1) is 12.1. The molecular formula is C10H20O3P+. The molecule has 0 radical (unpaired) electrons. The molecule has 0 spiro atoms. The maximum atomic E-state index is 10.7. The Hall–Kier alpha value is 0.0200. The van der Waals surface area contributed by atoms with Gasteiger partial charge >= 0.3 is 8.25 Å². The molecule has 3 nitrogen and oxygen atoms in total. The highest BCUT2D eigenvalue weighted by Gasteiger charge is 2.36. The Morgan fingerprint density at radius 2 is 2.07 bits per heavy atom. The van der Waals surface area contributed by atoms with Crippen LogP contribution in [0.15, 0.2) is 0 Å². The second-order valence-electron chi connectivity index (χ2n) is 4.71. The lowest BCUT2D eigenvalue weighted by atomic mass is 9.75. The molecule has 1 saturated carbocycles. The molecule has 0 amide bonds. The molecule has 1 aliphatic carbocycles. The molecule has 4 heteroatoms. The molecule has 1 rings (SSSR count). The highest BCUT2D eigenvalue weighted by Crippen LogP contribution is 2.38. The summed E-state index contributed by atoms with van der Waals surface area (Å²) in [4.78, 5) is 8.78. The molecule has 0 aromatic rings. The van der Waals surface area contributed by atoms with Crippen LogP contribution in [0.5, 0.6) is 0 Å². The molecule has 1 aliphatic rings. The lowest BCUT2D eigenvalue weighted by Crippen LogP contribution is -2.32. The molecule has 82 valence electrons. The average molecular weight is 219 g/mol. The van der Waals surface area contributed by atoms with Crippen molar-refractivity contribution in [1.29, 1.82) is 0 Å². The van der Waals surface area contributed by atoms with Gasteiger partial charge in [-0.25, -0.2) is 0 Å². The van der Waals surface area contributed by atoms with Crippen LogP contribution >= 0.6 is 8.25 Å². The van der Waals surface area contributed by atoms with Gasteiger partial charge in [-0.3, -0.25) is 0 Å². The largest absolute Gasteiger partial charge is 0.695 e. The summed E-state index contributed by atoms with van der Waals surface area (Å²) < 4.78 is 15.8. The first-order chi connectivity index (χ1) is 6.50. The van der Waals surface area contributed by atoms with Gasteiger partial charge in [-0.1, -0.05) is 27.2 Å². The Kier molecular flexibility index (Phi) is 4.49. The fourth-order valence-corrected chi connectivity index (χ4v) is 2.83. The van der Waals surface area contributed by atoms with Gasteiger partial charge in [0.2, 0.25) is 0 Å². The van der Waals surface area contributed by atoms with Gasteiger partial charge in [0.15, 0.2) is 0 Å². The molecule has 1 unspecified atom stereocenters. The molecular weight excluding hydrogens is 199 g/mol. The van der Waals surface area contributed by atoms with Gasteiger partial charge in [0.25, 0.3) is 0 Å². The molecule has 0 aromatic heterocycles. The SMILES string of the molecule is CC(C)[C@@H]1CC[C@@H](C)C[C@H]1O[P+](=O)O. The van der Waals surface area contributed by atoms with Crippen molar-refractivity contribution in [1.82, 2.24) is 0 Å². The van der Waals surface area contributed by atoms with Crippen LogP contribution in [0.4, 0.5) is 0 Å². The van der Waals surface area contributed by atoms with E-state index in [0.717, 1.165) is 12.8 Å². The fraction of sp³-hybridized carbons (Fsp3) is 1.00. The van der Waals surface area contributed by atoms with Gasteiger partial charge in [-0.2, -0.15) is 0 Å². The normalized spacial score (nSPS) is 34.6. The van der Waals surface area contributed by atoms with Crippen LogP contribution < -0.4 is 0 Å². The first-order valence-corrected chi connectivity index (χ1v) is 6.46. The van der Waals surface area contributed by atoms with Crippen molar-refractivity contribution in [2.45, 2.75) is 46.1 Å². The Morgan fingerprint density at radius 3 is 2.57 bits per heavy atom. The predicted octanol–water partition coefficient (Wildman–Crippen LogP) is 3.11. The van der Waals surface area contributed by atoms with E-state index in [2.05, 4.69) is 20.8 Å². The third kappa shape index (κ3) is 3.30. The second kappa shape index (κ2) is 5.20. The van der Waals surface area contributed by atoms with Crippen LogP contribution in [0.3, 0.4) is 0 Å². The number of hydrogen-bond donors (Lipinski definition) is 1. The minimum absolute atomic E-state index is 0.0210. The molecule has 4 atom stereocenters. The quantitative estimate of drug-likeness (QED) is 0.742. The van der Waals surface area contributed by atoms with E-state index < -0.39 is 8.25 Å². The van der Waals surface area contributed by atoms with Crippen LogP contribution in [-0.4, -0.2) is 11.0 Å². The number of rotatable bonds is 3. The lowest BCUT2D eigenvalue weighted by Gasteiger charge is -2.33. The maximum Gasteiger partial charge on any atom is 0.695 e. The highest BCUT2D eigenvalue weighted by molar-refractivity contribution is 7.32. The zero-order valence-electron chi connectivity index (χ0n) is 9.14. The predicted molar refractivity (Wildman–Crippen MR) is 56.0 cm³/mol. The molecule has 1 N–H and O–H groups in total. The molecule has 0 saturated heterocycles. The minimum Gasteiger partial charge on any atom is -0.133 e. The Balaban J connectivity index is 2.58. The van der Waals surface area contributed by atoms with E-state index in [1.54, 1.807) is 0 Å². The maximum absolute atomic E-state index is 10.7. The van der Waals surface area contributed by atoms with E-state index >= 15 is 0 Å². The van der Waals surface area contributed by atoms with E-state index in [1.165, 1.54) is 6.42 Å². The Bertz CT molecular complexity index is 206. The van der Waals surface area contributed by atoms with Crippen molar-refractivity contribution in [2.24, 2.45) is 17.8 Å². The molecule has 0 aromatic carbocycles. The van der Waals surface area contributed by atoms with E-state index in [-0.39, 0.29) is 6.10 Å². The van der Waals surface area contributed by atoms with Crippen molar-refractivity contribution in [2.75, 3.05) is 0 Å². The summed E-state index contributed by atoms with van der Waals surface area (Å²) in [6.07, 6.45) is 3.23. The van der Waals surface area contributed by atoms with Crippen molar-refractivity contribution in [3.05, 3.63) is 0 Å². The minimum atomic E-state index is -2.44. The molecule has 0 heterocycles. The zero-order valence-corrected chi connectivity index (χ0v) is 10.0. The Labute approximate surface area is 86.8 Å². The Morgan fingerprint density at radius 1 is 1.43 bits per heavy atom. The summed E-state index contributed by atoms with van der Waals surface area (Å²) in [6.45, 7) is 6.49. The molecule has 0 bridgehead atoms. The van der Waals surface area contributed by atoms with Crippen LogP contribution in [0.2, 0.25) is 0 Å². The van der Waals surface area contributed by atoms with Crippen molar-refractivity contribution >= 4 is 8.25 Å². The standard InChI is InChI=1S/C10H19O3P/c1-7(2)9-5-4-8(3)6-10(9)13-14(11)12/h7-10H,4-6H2,1-3H3/p+1/t8-,9+,10-/m1/s1. The fourth-order valence-electron chi connectivity index (χ4n) is 2.35. The van der Waals surface area contributed by atoms with E-state index in [4.69, 9.17) is 9.42 Å².